The fourth-order valence-corrected chi connectivity index (χ4v) is 1.55. The highest BCUT2D eigenvalue weighted by atomic mass is 16.6. The average molecular weight is 293 g/mol. The molecule has 1 N–H and O–H groups in total. The number of aryl methyl sites for hydroxylation is 1. The lowest BCUT2D eigenvalue weighted by atomic mass is 10.2. The van der Waals surface area contributed by atoms with E-state index in [4.69, 9.17) is 14.4 Å². The summed E-state index contributed by atoms with van der Waals surface area (Å²) >= 11 is 0. The summed E-state index contributed by atoms with van der Waals surface area (Å²) in [7, 11) is 0. The summed E-state index contributed by atoms with van der Waals surface area (Å²) in [5.41, 5.74) is -0.447. The van der Waals surface area contributed by atoms with Gasteiger partial charge in [0.15, 0.2) is 12.4 Å². The van der Waals surface area contributed by atoms with Crippen molar-refractivity contribution >= 4 is 11.7 Å². The lowest BCUT2D eigenvalue weighted by molar-refractivity contribution is -0.386. The number of carboxylic acid groups (broad SMARTS) is 1. The molecule has 1 heterocycles. The number of carbonyl (C=O) groups is 1. The number of nitrogens with zero attached hydrogens (tertiary/aromatic N) is 3. The molecule has 0 amide bonds. The molecule has 21 heavy (non-hydrogen) atoms. The van der Waals surface area contributed by atoms with Crippen LogP contribution in [0.15, 0.2) is 22.7 Å². The van der Waals surface area contributed by atoms with E-state index in [1.807, 2.05) is 6.92 Å². The van der Waals surface area contributed by atoms with Crippen LogP contribution in [0.3, 0.4) is 0 Å². The Bertz CT molecular complexity index is 681. The molecule has 0 saturated heterocycles. The van der Waals surface area contributed by atoms with E-state index in [9.17, 15) is 14.9 Å². The maximum absolute atomic E-state index is 10.9. The molecule has 0 fully saturated rings. The zero-order valence-electron chi connectivity index (χ0n) is 11.0. The van der Waals surface area contributed by atoms with Crippen molar-refractivity contribution in [3.8, 4) is 5.75 Å². The van der Waals surface area contributed by atoms with Crippen LogP contribution in [0.1, 0.15) is 29.0 Å². The highest BCUT2D eigenvalue weighted by Crippen LogP contribution is 2.28. The van der Waals surface area contributed by atoms with Crippen LogP contribution in [0, 0.1) is 10.1 Å². The molecule has 0 unspecified atom stereocenters. The van der Waals surface area contributed by atoms with Crippen LogP contribution in [0.25, 0.3) is 0 Å². The van der Waals surface area contributed by atoms with Gasteiger partial charge in [-0.1, -0.05) is 12.1 Å². The SMILES string of the molecule is CCc1nc(COc2cc(C(=O)O)ccc2[N+](=O)[O-])no1. The van der Waals surface area contributed by atoms with E-state index in [0.717, 1.165) is 18.2 Å². The minimum absolute atomic E-state index is 0.113. The fourth-order valence-electron chi connectivity index (χ4n) is 1.55. The van der Waals surface area contributed by atoms with Gasteiger partial charge in [-0.25, -0.2) is 4.79 Å². The third kappa shape index (κ3) is 3.32. The number of nitro groups is 1. The molecule has 1 aromatic heterocycles. The van der Waals surface area contributed by atoms with Gasteiger partial charge in [0.05, 0.1) is 10.5 Å². The van der Waals surface area contributed by atoms with Crippen LogP contribution in [0.4, 0.5) is 5.69 Å². The number of hydrogen-bond donors (Lipinski definition) is 1. The third-order valence-corrected chi connectivity index (χ3v) is 2.57. The van der Waals surface area contributed by atoms with E-state index in [0.29, 0.717) is 12.3 Å². The maximum Gasteiger partial charge on any atom is 0.335 e. The van der Waals surface area contributed by atoms with Crippen molar-refractivity contribution in [3.05, 3.63) is 45.6 Å². The predicted octanol–water partition coefficient (Wildman–Crippen LogP) is 1.82. The second-order valence-electron chi connectivity index (χ2n) is 3.99. The van der Waals surface area contributed by atoms with Gasteiger partial charge in [0.1, 0.15) is 0 Å². The zero-order chi connectivity index (χ0) is 15.4. The van der Waals surface area contributed by atoms with Gasteiger partial charge in [0.25, 0.3) is 0 Å². The number of aromatic nitrogens is 2. The summed E-state index contributed by atoms with van der Waals surface area (Å²) < 4.78 is 10.1. The smallest absolute Gasteiger partial charge is 0.335 e. The van der Waals surface area contributed by atoms with Crippen molar-refractivity contribution in [1.29, 1.82) is 0 Å². The Morgan fingerprint density at radius 2 is 2.29 bits per heavy atom. The van der Waals surface area contributed by atoms with E-state index in [1.165, 1.54) is 0 Å². The number of hydrogen-bond acceptors (Lipinski definition) is 7. The summed E-state index contributed by atoms with van der Waals surface area (Å²) in [6.45, 7) is 1.67. The summed E-state index contributed by atoms with van der Waals surface area (Å²) in [6.07, 6.45) is 0.557. The van der Waals surface area contributed by atoms with Crippen molar-refractivity contribution in [3.63, 3.8) is 0 Å². The van der Waals surface area contributed by atoms with Gasteiger partial charge >= 0.3 is 11.7 Å². The number of benzene rings is 1. The van der Waals surface area contributed by atoms with Crippen LogP contribution in [0.5, 0.6) is 5.75 Å². The van der Waals surface area contributed by atoms with E-state index in [2.05, 4.69) is 10.1 Å². The highest BCUT2D eigenvalue weighted by molar-refractivity contribution is 5.88. The second-order valence-corrected chi connectivity index (χ2v) is 3.99. The predicted molar refractivity (Wildman–Crippen MR) is 68.1 cm³/mol. The molecule has 0 saturated carbocycles. The van der Waals surface area contributed by atoms with E-state index >= 15 is 0 Å². The van der Waals surface area contributed by atoms with Gasteiger partial charge < -0.3 is 14.4 Å². The molecule has 9 nitrogen and oxygen atoms in total. The topological polar surface area (TPSA) is 129 Å². The number of rotatable bonds is 6. The Balaban J connectivity index is 2.22. The average Bonchev–Trinajstić information content (AvgIpc) is 2.92. The van der Waals surface area contributed by atoms with Crippen molar-refractivity contribution in [2.75, 3.05) is 0 Å². The molecule has 2 rings (SSSR count). The summed E-state index contributed by atoms with van der Waals surface area (Å²) in [6, 6.07) is 3.30. The molecule has 110 valence electrons. The Labute approximate surface area is 118 Å². The van der Waals surface area contributed by atoms with Crippen LogP contribution in [-0.4, -0.2) is 26.1 Å². The quantitative estimate of drug-likeness (QED) is 0.630. The molecule has 0 spiro atoms. The van der Waals surface area contributed by atoms with Crippen LogP contribution in [-0.2, 0) is 13.0 Å². The van der Waals surface area contributed by atoms with Crippen molar-refractivity contribution < 1.29 is 24.1 Å². The number of carboxylic acids is 1. The standard InChI is InChI=1S/C12H11N3O6/c1-2-11-13-10(14-21-11)6-20-9-5-7(12(16)17)3-4-8(9)15(18)19/h3-5H,2,6H2,1H3,(H,16,17). The summed E-state index contributed by atoms with van der Waals surface area (Å²) in [4.78, 5) is 25.1. The lowest BCUT2D eigenvalue weighted by Gasteiger charge is -2.05. The molecule has 1 aromatic carbocycles. The van der Waals surface area contributed by atoms with Crippen LogP contribution >= 0.6 is 0 Å². The normalized spacial score (nSPS) is 10.3. The summed E-state index contributed by atoms with van der Waals surface area (Å²) in [5.74, 6) is -0.727. The zero-order valence-corrected chi connectivity index (χ0v) is 11.0. The Hall–Kier alpha value is -2.97. The van der Waals surface area contributed by atoms with Gasteiger partial charge in [-0.3, -0.25) is 10.1 Å². The van der Waals surface area contributed by atoms with Gasteiger partial charge in [-0.15, -0.1) is 0 Å². The van der Waals surface area contributed by atoms with Crippen LogP contribution in [0.2, 0.25) is 0 Å². The molecule has 0 aliphatic rings. The minimum atomic E-state index is -1.21. The second kappa shape index (κ2) is 5.99. The first-order valence-corrected chi connectivity index (χ1v) is 5.97. The Kier molecular flexibility index (Phi) is 4.12. The molecule has 0 radical (unpaired) electrons. The van der Waals surface area contributed by atoms with E-state index < -0.39 is 10.9 Å². The molecule has 0 aliphatic heterocycles. The molecule has 2 aromatic rings. The molecule has 9 heteroatoms. The first-order valence-electron chi connectivity index (χ1n) is 5.97. The molecular weight excluding hydrogens is 282 g/mol. The number of ether oxygens (including phenoxy) is 1. The third-order valence-electron chi connectivity index (χ3n) is 2.57. The maximum atomic E-state index is 10.9. The first-order chi connectivity index (χ1) is 10.0. The number of nitro benzene ring substituents is 1. The molecule has 0 aliphatic carbocycles. The molecule has 0 atom stereocenters. The first kappa shape index (κ1) is 14.4. The van der Waals surface area contributed by atoms with Gasteiger partial charge in [-0.05, 0) is 6.07 Å². The van der Waals surface area contributed by atoms with Gasteiger partial charge in [0.2, 0.25) is 11.7 Å². The minimum Gasteiger partial charge on any atom is -0.478 e. The fraction of sp³-hybridized carbons (Fsp3) is 0.250. The highest BCUT2D eigenvalue weighted by Gasteiger charge is 2.18. The van der Waals surface area contributed by atoms with Crippen molar-refractivity contribution in [1.82, 2.24) is 10.1 Å². The van der Waals surface area contributed by atoms with E-state index in [-0.39, 0.29) is 29.4 Å². The number of aromatic carboxylic acids is 1. The van der Waals surface area contributed by atoms with Gasteiger partial charge in [0, 0.05) is 18.6 Å². The monoisotopic (exact) mass is 293 g/mol. The summed E-state index contributed by atoms with van der Waals surface area (Å²) in [5, 5.41) is 23.4. The van der Waals surface area contributed by atoms with Crippen molar-refractivity contribution in [2.45, 2.75) is 20.0 Å². The Morgan fingerprint density at radius 1 is 1.52 bits per heavy atom. The van der Waals surface area contributed by atoms with Crippen molar-refractivity contribution in [2.24, 2.45) is 0 Å². The largest absolute Gasteiger partial charge is 0.478 e. The lowest BCUT2D eigenvalue weighted by Crippen LogP contribution is -2.03. The van der Waals surface area contributed by atoms with Crippen LogP contribution < -0.4 is 4.74 Å². The molecule has 0 bridgehead atoms. The van der Waals surface area contributed by atoms with E-state index in [1.54, 1.807) is 0 Å². The molecular formula is C12H11N3O6. The Morgan fingerprint density at radius 3 is 2.86 bits per heavy atom. The van der Waals surface area contributed by atoms with Gasteiger partial charge in [-0.2, -0.15) is 4.98 Å².